The van der Waals surface area contributed by atoms with Crippen LogP contribution in [0.1, 0.15) is 5.56 Å². The molecule has 0 aliphatic rings. The summed E-state index contributed by atoms with van der Waals surface area (Å²) in [4.78, 5) is 0. The molecule has 5 N–H and O–H groups in total. The molecule has 0 aliphatic carbocycles. The fraction of sp³-hybridized carbons (Fsp3) is 0.143. The molecule has 66 valence electrons. The van der Waals surface area contributed by atoms with E-state index in [4.69, 9.17) is 39.8 Å². The van der Waals surface area contributed by atoms with Gasteiger partial charge in [0.05, 0.1) is 0 Å². The molecule has 1 aromatic rings. The minimum absolute atomic E-state index is 0.267. The smallest absolute Gasteiger partial charge is 0.241 e. The van der Waals surface area contributed by atoms with E-state index in [0.29, 0.717) is 11.4 Å². The average molecular weight is 207 g/mol. The van der Waals surface area contributed by atoms with Crippen LogP contribution in [-0.4, -0.2) is 5.11 Å². The number of benzene rings is 1. The van der Waals surface area contributed by atoms with E-state index in [-0.39, 0.29) is 5.56 Å². The quantitative estimate of drug-likeness (QED) is 0.481. The van der Waals surface area contributed by atoms with Crippen LogP contribution in [0.4, 0.5) is 11.4 Å². The first-order chi connectivity index (χ1) is 5.39. The number of hydrogen-bond acceptors (Lipinski definition) is 3. The number of nitrogen functional groups attached to an aromatic ring is 2. The van der Waals surface area contributed by atoms with Gasteiger partial charge in [0.25, 0.3) is 0 Å². The highest BCUT2D eigenvalue weighted by Crippen LogP contribution is 2.32. The molecule has 0 spiro atoms. The van der Waals surface area contributed by atoms with Crippen molar-refractivity contribution < 1.29 is 5.11 Å². The number of rotatable bonds is 1. The highest BCUT2D eigenvalue weighted by Gasteiger charge is 2.22. The van der Waals surface area contributed by atoms with Gasteiger partial charge in [0.1, 0.15) is 0 Å². The molecular weight excluding hydrogens is 199 g/mol. The third-order valence-electron chi connectivity index (χ3n) is 1.32. The number of aliphatic hydroxyl groups is 1. The van der Waals surface area contributed by atoms with E-state index in [2.05, 4.69) is 0 Å². The number of hydrogen-bond donors (Lipinski definition) is 3. The van der Waals surface area contributed by atoms with Crippen LogP contribution in [-0.2, 0) is 4.52 Å². The normalized spacial score (nSPS) is 11.6. The van der Waals surface area contributed by atoms with Gasteiger partial charge in [-0.25, -0.2) is 0 Å². The van der Waals surface area contributed by atoms with Crippen LogP contribution < -0.4 is 11.5 Å². The fourth-order valence-corrected chi connectivity index (χ4v) is 1.07. The molecule has 0 fully saturated rings. The van der Waals surface area contributed by atoms with Gasteiger partial charge in [0.15, 0.2) is 0 Å². The third kappa shape index (κ3) is 2.17. The van der Waals surface area contributed by atoms with Gasteiger partial charge in [-0.15, -0.1) is 0 Å². The standard InChI is InChI=1S/C7H8Cl2N2O/c8-7(9,12)4-1-5(10)3-6(11)2-4/h1-3,12H,10-11H2. The minimum atomic E-state index is -1.94. The summed E-state index contributed by atoms with van der Waals surface area (Å²) in [6, 6.07) is 4.45. The lowest BCUT2D eigenvalue weighted by Crippen LogP contribution is -2.09. The predicted molar refractivity (Wildman–Crippen MR) is 50.9 cm³/mol. The largest absolute Gasteiger partial charge is 0.399 e. The van der Waals surface area contributed by atoms with Crippen molar-refractivity contribution in [2.75, 3.05) is 11.5 Å². The van der Waals surface area contributed by atoms with Gasteiger partial charge in [-0.3, -0.25) is 0 Å². The van der Waals surface area contributed by atoms with E-state index in [9.17, 15) is 0 Å². The Labute approximate surface area is 79.9 Å². The topological polar surface area (TPSA) is 72.3 Å². The molecule has 0 radical (unpaired) electrons. The third-order valence-corrected chi connectivity index (χ3v) is 1.76. The number of anilines is 2. The molecule has 0 heterocycles. The lowest BCUT2D eigenvalue weighted by atomic mass is 10.2. The summed E-state index contributed by atoms with van der Waals surface area (Å²) in [5.74, 6) is 0. The van der Waals surface area contributed by atoms with Crippen molar-refractivity contribution in [3.63, 3.8) is 0 Å². The first kappa shape index (κ1) is 9.45. The minimum Gasteiger partial charge on any atom is -0.399 e. The summed E-state index contributed by atoms with van der Waals surface area (Å²) in [6.07, 6.45) is 0. The van der Waals surface area contributed by atoms with Gasteiger partial charge < -0.3 is 16.6 Å². The molecule has 12 heavy (non-hydrogen) atoms. The highest BCUT2D eigenvalue weighted by molar-refractivity contribution is 6.46. The van der Waals surface area contributed by atoms with E-state index >= 15 is 0 Å². The zero-order valence-electron chi connectivity index (χ0n) is 6.09. The monoisotopic (exact) mass is 206 g/mol. The van der Waals surface area contributed by atoms with Crippen LogP contribution in [0.5, 0.6) is 0 Å². The Kier molecular flexibility index (Phi) is 2.37. The van der Waals surface area contributed by atoms with Crippen molar-refractivity contribution in [2.45, 2.75) is 4.52 Å². The molecule has 0 bridgehead atoms. The molecule has 0 saturated carbocycles. The van der Waals surface area contributed by atoms with E-state index < -0.39 is 4.52 Å². The Balaban J connectivity index is 3.18. The van der Waals surface area contributed by atoms with Gasteiger partial charge in [-0.1, -0.05) is 23.2 Å². The molecule has 0 saturated heterocycles. The van der Waals surface area contributed by atoms with Gasteiger partial charge in [0.2, 0.25) is 4.52 Å². The number of halogens is 2. The molecule has 0 amide bonds. The Morgan fingerprint density at radius 2 is 1.50 bits per heavy atom. The van der Waals surface area contributed by atoms with Gasteiger partial charge in [0, 0.05) is 16.9 Å². The van der Waals surface area contributed by atoms with Crippen LogP contribution in [0.2, 0.25) is 0 Å². The summed E-state index contributed by atoms with van der Waals surface area (Å²) in [6.45, 7) is 0. The van der Waals surface area contributed by atoms with Crippen molar-refractivity contribution in [1.82, 2.24) is 0 Å². The van der Waals surface area contributed by atoms with E-state index in [1.54, 1.807) is 6.07 Å². The van der Waals surface area contributed by atoms with E-state index in [1.807, 2.05) is 0 Å². The van der Waals surface area contributed by atoms with Gasteiger partial charge >= 0.3 is 0 Å². The highest BCUT2D eigenvalue weighted by atomic mass is 35.5. The predicted octanol–water partition coefficient (Wildman–Crippen LogP) is 1.43. The molecule has 5 heteroatoms. The molecule has 3 nitrogen and oxygen atoms in total. The molecule has 0 unspecified atom stereocenters. The zero-order chi connectivity index (χ0) is 9.35. The average Bonchev–Trinajstić information content (AvgIpc) is 1.82. The molecule has 1 aromatic carbocycles. The van der Waals surface area contributed by atoms with Crippen LogP contribution in [0, 0.1) is 0 Å². The maximum absolute atomic E-state index is 9.16. The molecule has 0 aromatic heterocycles. The molecule has 1 rings (SSSR count). The van der Waals surface area contributed by atoms with Crippen LogP contribution in [0.25, 0.3) is 0 Å². The summed E-state index contributed by atoms with van der Waals surface area (Å²) in [7, 11) is 0. The fourth-order valence-electron chi connectivity index (χ4n) is 0.850. The van der Waals surface area contributed by atoms with E-state index in [1.165, 1.54) is 12.1 Å². The summed E-state index contributed by atoms with van der Waals surface area (Å²) >= 11 is 10.8. The number of alkyl halides is 2. The maximum atomic E-state index is 9.16. The Hall–Kier alpha value is -0.640. The summed E-state index contributed by atoms with van der Waals surface area (Å²) < 4.78 is -1.94. The van der Waals surface area contributed by atoms with Crippen molar-refractivity contribution >= 4 is 34.6 Å². The van der Waals surface area contributed by atoms with Crippen molar-refractivity contribution in [3.05, 3.63) is 23.8 Å². The second-order valence-corrected chi connectivity index (χ2v) is 3.72. The van der Waals surface area contributed by atoms with Crippen LogP contribution in [0.15, 0.2) is 18.2 Å². The van der Waals surface area contributed by atoms with Gasteiger partial charge in [-0.2, -0.15) is 0 Å². The SMILES string of the molecule is Nc1cc(N)cc(C(O)(Cl)Cl)c1. The first-order valence-electron chi connectivity index (χ1n) is 3.16. The zero-order valence-corrected chi connectivity index (χ0v) is 7.60. The summed E-state index contributed by atoms with van der Waals surface area (Å²) in [5.41, 5.74) is 12.0. The molecule has 0 aliphatic heterocycles. The summed E-state index contributed by atoms with van der Waals surface area (Å²) in [5, 5.41) is 9.16. The Morgan fingerprint density at radius 1 is 1.08 bits per heavy atom. The first-order valence-corrected chi connectivity index (χ1v) is 3.92. The lowest BCUT2D eigenvalue weighted by Gasteiger charge is -2.13. The lowest BCUT2D eigenvalue weighted by molar-refractivity contribution is 0.218. The van der Waals surface area contributed by atoms with E-state index in [0.717, 1.165) is 0 Å². The van der Waals surface area contributed by atoms with Crippen molar-refractivity contribution in [3.8, 4) is 0 Å². The Morgan fingerprint density at radius 3 is 1.83 bits per heavy atom. The Bertz CT molecular complexity index is 276. The van der Waals surface area contributed by atoms with Crippen molar-refractivity contribution in [2.24, 2.45) is 0 Å². The van der Waals surface area contributed by atoms with Crippen molar-refractivity contribution in [1.29, 1.82) is 0 Å². The second-order valence-electron chi connectivity index (χ2n) is 2.43. The van der Waals surface area contributed by atoms with Gasteiger partial charge in [-0.05, 0) is 18.2 Å². The van der Waals surface area contributed by atoms with Crippen LogP contribution in [0.3, 0.4) is 0 Å². The maximum Gasteiger partial charge on any atom is 0.241 e. The molecular formula is C7H8Cl2N2O. The van der Waals surface area contributed by atoms with Crippen LogP contribution >= 0.6 is 23.2 Å². The number of nitrogens with two attached hydrogens (primary N) is 2. The second kappa shape index (κ2) is 3.01. The molecule has 0 atom stereocenters.